The Kier molecular flexibility index (Phi) is 6.89. The van der Waals surface area contributed by atoms with Gasteiger partial charge in [0.2, 0.25) is 0 Å². The molecule has 0 spiro atoms. The van der Waals surface area contributed by atoms with E-state index in [1.54, 1.807) is 24.3 Å². The van der Waals surface area contributed by atoms with Gasteiger partial charge >= 0.3 is 8.26 Å². The highest BCUT2D eigenvalue weighted by atomic mass is 36.0. The molecule has 0 aliphatic rings. The lowest BCUT2D eigenvalue weighted by Crippen LogP contribution is -1.88. The maximum atomic E-state index is 10.5. The number of non-ortho nitro benzene ring substituents is 1. The zero-order chi connectivity index (χ0) is 16.8. The highest BCUT2D eigenvalue weighted by Crippen LogP contribution is 2.29. The quantitative estimate of drug-likeness (QED) is 0.433. The second-order valence-corrected chi connectivity index (χ2v) is 7.74. The molecule has 0 unspecified atom stereocenters. The average Bonchev–Trinajstić information content (AvgIpc) is 2.40. The van der Waals surface area contributed by atoms with Crippen molar-refractivity contribution in [3.63, 3.8) is 0 Å². The zero-order valence-corrected chi connectivity index (χ0v) is 13.7. The van der Waals surface area contributed by atoms with Crippen molar-refractivity contribution in [3.05, 3.63) is 63.7 Å². The van der Waals surface area contributed by atoms with Crippen LogP contribution in [0.5, 0.6) is 11.5 Å². The van der Waals surface area contributed by atoms with Crippen LogP contribution >= 0.6 is 33.0 Å². The third kappa shape index (κ3) is 7.46. The van der Waals surface area contributed by atoms with Crippen LogP contribution in [0.25, 0.3) is 0 Å². The van der Waals surface area contributed by atoms with Gasteiger partial charge in [0.05, 0.1) is 9.95 Å². The lowest BCUT2D eigenvalue weighted by molar-refractivity contribution is -0.384. The largest absolute Gasteiger partial charge is 0.456 e. The van der Waals surface area contributed by atoms with Gasteiger partial charge in [0.15, 0.2) is 0 Å². The van der Waals surface area contributed by atoms with Crippen LogP contribution in [0.3, 0.4) is 0 Å². The molecule has 0 aliphatic heterocycles. The minimum atomic E-state index is -3.72. The van der Waals surface area contributed by atoms with E-state index in [0.717, 1.165) is 0 Å². The molecule has 0 atom stereocenters. The fourth-order valence-electron chi connectivity index (χ4n) is 1.29. The molecule has 22 heavy (non-hydrogen) atoms. The predicted octanol–water partition coefficient (Wildman–Crippen LogP) is 4.75. The smallest absolute Gasteiger partial charge is 0.317 e. The Morgan fingerprint density at radius 2 is 1.50 bits per heavy atom. The number of hydrogen-bond donors (Lipinski definition) is 0. The van der Waals surface area contributed by atoms with E-state index in [1.807, 2.05) is 0 Å². The summed E-state index contributed by atoms with van der Waals surface area (Å²) < 4.78 is 23.8. The van der Waals surface area contributed by atoms with E-state index in [2.05, 4.69) is 21.4 Å². The standard InChI is InChI=1S/C12H8ClNO3.Cl2O2S/c13-11-3-1-2-4-12(11)17-10-7-5-9(6-8-10)14(15)16;1-5(2,3)4/h1-8H;. The number of nitro benzene ring substituents is 1. The number of halogens is 3. The highest BCUT2D eigenvalue weighted by Gasteiger charge is 2.06. The average molecular weight is 385 g/mol. The topological polar surface area (TPSA) is 86.5 Å². The first kappa shape index (κ1) is 18.5. The number of benzene rings is 2. The maximum Gasteiger partial charge on any atom is 0.317 e. The number of para-hydroxylation sites is 1. The van der Waals surface area contributed by atoms with Crippen LogP contribution in [0, 0.1) is 10.1 Å². The van der Waals surface area contributed by atoms with Gasteiger partial charge in [-0.3, -0.25) is 10.1 Å². The maximum absolute atomic E-state index is 10.5. The molecule has 10 heteroatoms. The van der Waals surface area contributed by atoms with Crippen LogP contribution in [-0.2, 0) is 8.26 Å². The summed E-state index contributed by atoms with van der Waals surface area (Å²) in [5.74, 6) is 1.02. The summed E-state index contributed by atoms with van der Waals surface area (Å²) in [7, 11) is 4.81. The molecule has 0 aromatic heterocycles. The van der Waals surface area contributed by atoms with Crippen molar-refractivity contribution in [3.8, 4) is 11.5 Å². The van der Waals surface area contributed by atoms with Crippen molar-refractivity contribution in [1.82, 2.24) is 0 Å². The Morgan fingerprint density at radius 3 is 1.95 bits per heavy atom. The van der Waals surface area contributed by atoms with E-state index in [9.17, 15) is 10.1 Å². The minimum absolute atomic E-state index is 0.0245. The molecule has 118 valence electrons. The molecule has 0 heterocycles. The first-order valence-electron chi connectivity index (χ1n) is 5.48. The SMILES string of the molecule is O=S(=O)(Cl)Cl.O=[N+]([O-])c1ccc(Oc2ccccc2Cl)cc1. The summed E-state index contributed by atoms with van der Waals surface area (Å²) in [5.41, 5.74) is 0.0245. The predicted molar refractivity (Wildman–Crippen MR) is 85.2 cm³/mol. The third-order valence-corrected chi connectivity index (χ3v) is 2.42. The highest BCUT2D eigenvalue weighted by molar-refractivity contribution is 8.31. The number of nitrogens with zero attached hydrogens (tertiary/aromatic N) is 1. The van der Waals surface area contributed by atoms with Crippen LogP contribution in [0.1, 0.15) is 0 Å². The first-order valence-corrected chi connectivity index (χ1v) is 8.99. The number of hydrogen-bond acceptors (Lipinski definition) is 5. The summed E-state index contributed by atoms with van der Waals surface area (Å²) in [4.78, 5) is 10.0. The molecule has 2 aromatic carbocycles. The Morgan fingerprint density at radius 1 is 1.00 bits per heavy atom. The van der Waals surface area contributed by atoms with Gasteiger partial charge in [0, 0.05) is 33.5 Å². The molecular weight excluding hydrogens is 377 g/mol. The number of ether oxygens (including phenoxy) is 1. The van der Waals surface area contributed by atoms with Gasteiger partial charge in [0.1, 0.15) is 11.5 Å². The molecule has 6 nitrogen and oxygen atoms in total. The summed E-state index contributed by atoms with van der Waals surface area (Å²) in [6, 6.07) is 12.9. The molecule has 0 amide bonds. The summed E-state index contributed by atoms with van der Waals surface area (Å²) in [5, 5.41) is 11.0. The Balaban J connectivity index is 0.000000422. The molecule has 0 N–H and O–H groups in total. The van der Waals surface area contributed by atoms with Crippen LogP contribution in [0.2, 0.25) is 5.02 Å². The molecule has 0 saturated heterocycles. The van der Waals surface area contributed by atoms with Gasteiger partial charge < -0.3 is 4.74 Å². The lowest BCUT2D eigenvalue weighted by Gasteiger charge is -2.06. The molecule has 2 aromatic rings. The van der Waals surface area contributed by atoms with E-state index in [4.69, 9.17) is 24.8 Å². The van der Waals surface area contributed by atoms with Crippen LogP contribution in [-0.4, -0.2) is 13.3 Å². The van der Waals surface area contributed by atoms with Gasteiger partial charge in [0.25, 0.3) is 5.69 Å². The van der Waals surface area contributed by atoms with Crippen LogP contribution < -0.4 is 4.74 Å². The van der Waals surface area contributed by atoms with E-state index >= 15 is 0 Å². The molecule has 2 rings (SSSR count). The third-order valence-electron chi connectivity index (χ3n) is 2.11. The second-order valence-electron chi connectivity index (χ2n) is 3.66. The number of nitro groups is 1. The van der Waals surface area contributed by atoms with Crippen LogP contribution in [0.4, 0.5) is 5.69 Å². The molecule has 0 bridgehead atoms. The van der Waals surface area contributed by atoms with Gasteiger partial charge in [-0.15, -0.1) is 0 Å². The van der Waals surface area contributed by atoms with Crippen molar-refractivity contribution in [2.24, 2.45) is 0 Å². The molecular formula is C12H8Cl3NO5S. The number of rotatable bonds is 3. The molecule has 0 radical (unpaired) electrons. The Bertz CT molecular complexity index is 742. The van der Waals surface area contributed by atoms with Gasteiger partial charge in [-0.2, -0.15) is 8.42 Å². The zero-order valence-electron chi connectivity index (χ0n) is 10.6. The molecule has 0 aliphatic carbocycles. The van der Waals surface area contributed by atoms with E-state index in [1.165, 1.54) is 24.3 Å². The second kappa shape index (κ2) is 8.19. The first-order chi connectivity index (χ1) is 10.2. The normalized spacial score (nSPS) is 10.3. The van der Waals surface area contributed by atoms with Crippen molar-refractivity contribution in [1.29, 1.82) is 0 Å². The summed E-state index contributed by atoms with van der Waals surface area (Å²) >= 11 is 5.92. The van der Waals surface area contributed by atoms with Gasteiger partial charge in [-0.25, -0.2) is 0 Å². The van der Waals surface area contributed by atoms with E-state index in [0.29, 0.717) is 16.5 Å². The molecule has 0 saturated carbocycles. The minimum Gasteiger partial charge on any atom is -0.456 e. The lowest BCUT2D eigenvalue weighted by atomic mass is 10.3. The monoisotopic (exact) mass is 383 g/mol. The Hall–Kier alpha value is -1.54. The van der Waals surface area contributed by atoms with E-state index < -0.39 is 13.2 Å². The van der Waals surface area contributed by atoms with Crippen molar-refractivity contribution >= 4 is 46.9 Å². The summed E-state index contributed by atoms with van der Waals surface area (Å²) in [6.45, 7) is 0. The summed E-state index contributed by atoms with van der Waals surface area (Å²) in [6.07, 6.45) is 0. The van der Waals surface area contributed by atoms with E-state index in [-0.39, 0.29) is 5.69 Å². The van der Waals surface area contributed by atoms with Gasteiger partial charge in [-0.05, 0) is 24.3 Å². The van der Waals surface area contributed by atoms with Crippen molar-refractivity contribution in [2.75, 3.05) is 0 Å². The Labute approximate surface area is 140 Å². The van der Waals surface area contributed by atoms with Crippen molar-refractivity contribution in [2.45, 2.75) is 0 Å². The van der Waals surface area contributed by atoms with Gasteiger partial charge in [-0.1, -0.05) is 23.7 Å². The van der Waals surface area contributed by atoms with Crippen molar-refractivity contribution < 1.29 is 18.1 Å². The van der Waals surface area contributed by atoms with Crippen LogP contribution in [0.15, 0.2) is 48.5 Å². The molecule has 0 fully saturated rings. The fourth-order valence-corrected chi connectivity index (χ4v) is 1.46. The fraction of sp³-hybridized carbons (Fsp3) is 0.